The lowest BCUT2D eigenvalue weighted by molar-refractivity contribution is 0.660. The van der Waals surface area contributed by atoms with Crippen LogP contribution in [0, 0.1) is 20.8 Å². The van der Waals surface area contributed by atoms with Gasteiger partial charge in [0.15, 0.2) is 0 Å². The van der Waals surface area contributed by atoms with Crippen LogP contribution in [0.3, 0.4) is 0 Å². The summed E-state index contributed by atoms with van der Waals surface area (Å²) in [5.74, 6) is 0. The Hall–Kier alpha value is -15.3. The highest BCUT2D eigenvalue weighted by Gasteiger charge is 2.43. The first-order valence-electron chi connectivity index (χ1n) is 48.8. The van der Waals surface area contributed by atoms with Gasteiger partial charge in [-0.1, -0.05) is 462 Å². The van der Waals surface area contributed by atoms with E-state index in [0.717, 1.165) is 0 Å². The van der Waals surface area contributed by atoms with Gasteiger partial charge in [0.1, 0.15) is 0 Å². The third-order valence-corrected chi connectivity index (χ3v) is 32.7. The molecule has 0 saturated carbocycles. The lowest BCUT2D eigenvalue weighted by Gasteiger charge is -2.26. The Balaban J connectivity index is 0.000000106. The second kappa shape index (κ2) is 29.6. The summed E-state index contributed by atoms with van der Waals surface area (Å²) >= 11 is 0. The van der Waals surface area contributed by atoms with E-state index in [1.165, 1.54) is 292 Å². The van der Waals surface area contributed by atoms with E-state index in [-0.39, 0.29) is 27.1 Å². The van der Waals surface area contributed by atoms with Crippen molar-refractivity contribution in [3.8, 4) is 122 Å². The summed E-state index contributed by atoms with van der Waals surface area (Å²) in [5, 5.41) is 23.7. The molecule has 0 amide bonds. The van der Waals surface area contributed by atoms with Crippen LogP contribution in [0.2, 0.25) is 0 Å². The van der Waals surface area contributed by atoms with Crippen LogP contribution in [0.4, 0.5) is 0 Å². The molecule has 0 heterocycles. The largest absolute Gasteiger partial charge is 0.0619 e. The molecule has 0 bridgehead atoms. The average Bonchev–Trinajstić information content (AvgIpc) is 1.22. The number of rotatable bonds is 6. The van der Waals surface area contributed by atoms with Gasteiger partial charge in [-0.15, -0.1) is 0 Å². The molecule has 23 aromatic rings. The van der Waals surface area contributed by atoms with Crippen LogP contribution in [-0.4, -0.2) is 0 Å². The van der Waals surface area contributed by atoms with E-state index in [4.69, 9.17) is 0 Å². The zero-order valence-electron chi connectivity index (χ0n) is 79.5. The van der Waals surface area contributed by atoms with Crippen LogP contribution in [0.5, 0.6) is 0 Å². The SMILES string of the molecule is Cc1ccc2c(-c3ccc4ccc5cccc6ccc3c4c56)c3ccccc3c(-c3ccc4c(c3)C(C)(C)c3ccccc3-4)c2c1.Cc1ccc2c(-c3cccc4c3-c3ccccc3C4(C)C)c3ccccc3c(-c3ccc4c(c3)C(C)(C)c3ccccc3-4)c2c1.Cc1ccc2c(-c3cccc4c3C(C)(C)c3ccccc3-4)c3ccccc3c(-c3ccc4c(c3)C(C)(C)c3ccccc3-4)c2c1. The third kappa shape index (κ3) is 11.6. The molecular formula is C136H104. The van der Waals surface area contributed by atoms with Gasteiger partial charge >= 0.3 is 0 Å². The van der Waals surface area contributed by atoms with E-state index in [9.17, 15) is 0 Å². The molecule has 5 aliphatic rings. The first-order valence-corrected chi connectivity index (χ1v) is 48.8. The molecule has 0 unspecified atom stereocenters. The highest BCUT2D eigenvalue weighted by atomic mass is 14.5. The van der Waals surface area contributed by atoms with Gasteiger partial charge < -0.3 is 0 Å². The summed E-state index contributed by atoms with van der Waals surface area (Å²) in [6.07, 6.45) is 0. The molecule has 0 aliphatic heterocycles. The number of aryl methyl sites for hydroxylation is 3. The summed E-state index contributed by atoms with van der Waals surface area (Å²) in [4.78, 5) is 0. The van der Waals surface area contributed by atoms with E-state index in [1.807, 2.05) is 0 Å². The summed E-state index contributed by atoms with van der Waals surface area (Å²) in [7, 11) is 0. The first kappa shape index (κ1) is 81.4. The number of hydrogen-bond donors (Lipinski definition) is 0. The molecule has 0 fully saturated rings. The molecule has 28 rings (SSSR count). The minimum Gasteiger partial charge on any atom is -0.0619 e. The zero-order valence-corrected chi connectivity index (χ0v) is 79.5. The Morgan fingerprint density at radius 2 is 0.404 bits per heavy atom. The van der Waals surface area contributed by atoms with E-state index >= 15 is 0 Å². The summed E-state index contributed by atoms with van der Waals surface area (Å²) in [6.45, 7) is 30.5. The molecule has 0 N–H and O–H groups in total. The standard InChI is InChI=1S/C46H32.2C45H36/c1-27-15-21-38-39(25-27)43(31-20-22-33-32-11-6-7-14-40(32)46(2,3)41(33)26-31)34-12-4-5-13-35(34)45(38)37-24-19-30-17-16-28-9-8-10-29-18-23-36(37)44(30)42(28)29;1-27-21-23-34-37(25-27)41(28-22-24-31-29-13-8-10-19-38(29)44(2,3)40(31)26-28)32-15-6-7-16-33(32)42(34)36-18-12-17-35-30-14-9-11-20-39(30)45(4,5)43(35)36;1-27-21-23-33-36(25-27)41(28-22-24-30-29-13-8-10-18-37(29)45(4,5)40(30)26-28)31-14-6-7-15-32(31)42(33)35-17-12-20-39-43(35)34-16-9-11-19-38(34)44(39,2)3/h4-26H,1-3H3;2*6-26H,1-5H3. The molecule has 648 valence electrons. The Kier molecular flexibility index (Phi) is 17.7. The van der Waals surface area contributed by atoms with E-state index < -0.39 is 0 Å². The van der Waals surface area contributed by atoms with Crippen molar-refractivity contribution in [2.75, 3.05) is 0 Å². The van der Waals surface area contributed by atoms with E-state index in [1.54, 1.807) is 0 Å². The van der Waals surface area contributed by atoms with Crippen molar-refractivity contribution in [1.82, 2.24) is 0 Å². The van der Waals surface area contributed by atoms with Crippen LogP contribution in [0.15, 0.2) is 394 Å². The van der Waals surface area contributed by atoms with Gasteiger partial charge in [-0.3, -0.25) is 0 Å². The zero-order chi connectivity index (χ0) is 92.1. The average molecular weight is 1740 g/mol. The first-order chi connectivity index (χ1) is 66.0. The Labute approximate surface area is 797 Å². The molecule has 0 spiro atoms. The van der Waals surface area contributed by atoms with Crippen molar-refractivity contribution in [2.24, 2.45) is 0 Å². The molecule has 136 heavy (non-hydrogen) atoms. The van der Waals surface area contributed by atoms with Crippen molar-refractivity contribution in [3.63, 3.8) is 0 Å². The quantitative estimate of drug-likeness (QED) is 0.115. The second-order valence-electron chi connectivity index (χ2n) is 42.1. The van der Waals surface area contributed by atoms with Gasteiger partial charge in [0.25, 0.3) is 0 Å². The fourth-order valence-corrected chi connectivity index (χ4v) is 26.2. The molecule has 0 heteroatoms. The van der Waals surface area contributed by atoms with Crippen LogP contribution in [0.1, 0.15) is 142 Å². The third-order valence-electron chi connectivity index (χ3n) is 32.7. The smallest absolute Gasteiger partial charge is 0.0165 e. The monoisotopic (exact) mass is 1740 g/mol. The van der Waals surface area contributed by atoms with Crippen LogP contribution in [0.25, 0.3) is 219 Å². The Morgan fingerprint density at radius 1 is 0.140 bits per heavy atom. The Morgan fingerprint density at radius 3 is 0.838 bits per heavy atom. The van der Waals surface area contributed by atoms with Crippen molar-refractivity contribution >= 4 is 97.0 Å². The number of benzene rings is 23. The summed E-state index contributed by atoms with van der Waals surface area (Å²) in [6, 6.07) is 149. The lowest BCUT2D eigenvalue weighted by Crippen LogP contribution is -2.16. The Bertz CT molecular complexity index is 9140. The molecule has 23 aromatic carbocycles. The maximum absolute atomic E-state index is 2.48. The van der Waals surface area contributed by atoms with Gasteiger partial charge in [0, 0.05) is 27.1 Å². The van der Waals surface area contributed by atoms with Crippen molar-refractivity contribution < 1.29 is 0 Å². The molecular weight excluding hydrogens is 1630 g/mol. The van der Waals surface area contributed by atoms with Gasteiger partial charge in [-0.2, -0.15) is 0 Å². The predicted molar refractivity (Wildman–Crippen MR) is 583 cm³/mol. The molecule has 0 nitrogen and oxygen atoms in total. The highest BCUT2D eigenvalue weighted by molar-refractivity contribution is 6.31. The second-order valence-corrected chi connectivity index (χ2v) is 42.1. The molecule has 0 saturated heterocycles. The maximum atomic E-state index is 2.48. The minimum atomic E-state index is -0.0973. The van der Waals surface area contributed by atoms with Gasteiger partial charge in [-0.05, 0) is 314 Å². The lowest BCUT2D eigenvalue weighted by atomic mass is 9.76. The maximum Gasteiger partial charge on any atom is 0.0165 e. The molecule has 0 radical (unpaired) electrons. The van der Waals surface area contributed by atoms with Crippen molar-refractivity contribution in [3.05, 3.63) is 467 Å². The van der Waals surface area contributed by atoms with Crippen molar-refractivity contribution in [1.29, 1.82) is 0 Å². The van der Waals surface area contributed by atoms with Gasteiger partial charge in [0.05, 0.1) is 0 Å². The summed E-state index contributed by atoms with van der Waals surface area (Å²) in [5.41, 5.74) is 47.2. The van der Waals surface area contributed by atoms with Gasteiger partial charge in [-0.25, -0.2) is 0 Å². The highest BCUT2D eigenvalue weighted by Crippen LogP contribution is 2.61. The molecule has 5 aliphatic carbocycles. The van der Waals surface area contributed by atoms with Crippen LogP contribution >= 0.6 is 0 Å². The topological polar surface area (TPSA) is 0 Å². The summed E-state index contributed by atoms with van der Waals surface area (Å²) < 4.78 is 0. The normalized spacial score (nSPS) is 14.7. The van der Waals surface area contributed by atoms with Crippen LogP contribution < -0.4 is 0 Å². The molecule has 0 atom stereocenters. The minimum absolute atomic E-state index is 0.0428. The number of fused-ring (bicyclic) bond motifs is 21. The van der Waals surface area contributed by atoms with E-state index in [2.05, 4.69) is 484 Å². The van der Waals surface area contributed by atoms with Crippen LogP contribution in [-0.2, 0) is 27.1 Å². The fraction of sp³-hybridized carbons (Fsp3) is 0.132. The van der Waals surface area contributed by atoms with E-state index in [0.29, 0.717) is 0 Å². The predicted octanol–water partition coefficient (Wildman–Crippen LogP) is 37.3. The van der Waals surface area contributed by atoms with Crippen molar-refractivity contribution in [2.45, 2.75) is 117 Å². The van der Waals surface area contributed by atoms with Gasteiger partial charge in [0.2, 0.25) is 0 Å². The molecule has 0 aromatic heterocycles. The fourth-order valence-electron chi connectivity index (χ4n) is 26.2. The number of hydrogen-bond acceptors (Lipinski definition) is 0.